The van der Waals surface area contributed by atoms with Crippen LogP contribution in [0.4, 0.5) is 0 Å². The molecular formula is C27H28ClNSn. The van der Waals surface area contributed by atoms with E-state index in [-0.39, 0.29) is 0 Å². The molecule has 0 bridgehead atoms. The third-order valence-electron chi connectivity index (χ3n) is 4.86. The van der Waals surface area contributed by atoms with Crippen molar-refractivity contribution in [1.29, 1.82) is 0 Å². The second-order valence-electron chi connectivity index (χ2n) is 7.48. The van der Waals surface area contributed by atoms with Crippen LogP contribution >= 0.6 is 8.92 Å². The van der Waals surface area contributed by atoms with Gasteiger partial charge in [0.25, 0.3) is 0 Å². The summed E-state index contributed by atoms with van der Waals surface area (Å²) in [6.45, 7) is 1.03. The van der Waals surface area contributed by atoms with E-state index in [9.17, 15) is 0 Å². The van der Waals surface area contributed by atoms with Crippen LogP contribution in [0, 0.1) is 0 Å². The molecule has 30 heavy (non-hydrogen) atoms. The van der Waals surface area contributed by atoms with Gasteiger partial charge >= 0.3 is 128 Å². The molecule has 0 saturated heterocycles. The number of hydrogen-bond acceptors (Lipinski definition) is 1. The summed E-state index contributed by atoms with van der Waals surface area (Å²) >= 11 is -3.30. The van der Waals surface area contributed by atoms with Crippen molar-refractivity contribution in [2.24, 2.45) is 0 Å². The van der Waals surface area contributed by atoms with Crippen molar-refractivity contribution in [1.82, 2.24) is 4.90 Å². The Bertz CT molecular complexity index is 893. The van der Waals surface area contributed by atoms with Crippen LogP contribution in [0.3, 0.4) is 0 Å². The van der Waals surface area contributed by atoms with E-state index in [4.69, 9.17) is 8.92 Å². The molecule has 0 heterocycles. The van der Waals surface area contributed by atoms with E-state index in [0.717, 1.165) is 6.54 Å². The molecule has 0 unspecified atom stereocenters. The fourth-order valence-electron chi connectivity index (χ4n) is 3.45. The van der Waals surface area contributed by atoms with Crippen LogP contribution in [0.2, 0.25) is 0 Å². The molecule has 0 saturated carbocycles. The van der Waals surface area contributed by atoms with Crippen LogP contribution in [0.1, 0.15) is 5.56 Å². The maximum absolute atomic E-state index is 7.33. The minimum absolute atomic E-state index is 1.03. The fourth-order valence-corrected chi connectivity index (χ4v) is 14.4. The van der Waals surface area contributed by atoms with Gasteiger partial charge < -0.3 is 4.90 Å². The topological polar surface area (TPSA) is 3.24 Å². The van der Waals surface area contributed by atoms with E-state index >= 15 is 0 Å². The third kappa shape index (κ3) is 5.98. The van der Waals surface area contributed by atoms with E-state index in [1.807, 2.05) is 24.3 Å². The first-order valence-electron chi connectivity index (χ1n) is 10.1. The maximum atomic E-state index is 7.33. The van der Waals surface area contributed by atoms with Crippen molar-refractivity contribution in [3.05, 3.63) is 127 Å². The molecule has 4 rings (SSSR count). The molecule has 0 spiro atoms. The number of rotatable bonds is 5. The molecule has 1 nitrogen and oxygen atoms in total. The van der Waals surface area contributed by atoms with E-state index in [2.05, 4.69) is 116 Å². The van der Waals surface area contributed by atoms with Crippen molar-refractivity contribution in [3.8, 4) is 0 Å². The van der Waals surface area contributed by atoms with Gasteiger partial charge in [0.05, 0.1) is 0 Å². The van der Waals surface area contributed by atoms with Crippen molar-refractivity contribution in [2.75, 3.05) is 14.1 Å². The van der Waals surface area contributed by atoms with Crippen molar-refractivity contribution in [2.45, 2.75) is 6.54 Å². The average Bonchev–Trinajstić information content (AvgIpc) is 2.81. The first-order valence-corrected chi connectivity index (χ1v) is 18.0. The van der Waals surface area contributed by atoms with Gasteiger partial charge in [-0.3, -0.25) is 0 Å². The Balaban J connectivity index is 0.000000216. The van der Waals surface area contributed by atoms with Crippen molar-refractivity contribution >= 4 is 36.9 Å². The van der Waals surface area contributed by atoms with Gasteiger partial charge in [-0.15, -0.1) is 0 Å². The first kappa shape index (κ1) is 22.6. The number of benzene rings is 4. The minimum atomic E-state index is -3.30. The molecule has 0 atom stereocenters. The zero-order valence-corrected chi connectivity index (χ0v) is 21.2. The molecule has 0 fully saturated rings. The average molecular weight is 521 g/mol. The standard InChI is InChI=1S/C9H13N.3C6H5.ClH.Sn/c1-10(2)8-9-6-4-3-5-7-9;3*1-2-4-6-5-3-1;;/h3-7H,8H2,1-2H3;3*1-5H;1H;/q;;;;;+1/p-1. The molecule has 0 aliphatic carbocycles. The molecule has 0 aromatic heterocycles. The SMILES string of the molecule is CN(C)Cc1ccccc1.[Cl][Sn]([c]1ccccc1)([c]1ccccc1)[c]1ccccc1. The Labute approximate surface area is 188 Å². The van der Waals surface area contributed by atoms with Crippen LogP contribution in [-0.2, 0) is 6.54 Å². The molecule has 0 amide bonds. The Morgan fingerprint density at radius 1 is 0.533 bits per heavy atom. The second kappa shape index (κ2) is 11.4. The summed E-state index contributed by atoms with van der Waals surface area (Å²) in [5.74, 6) is 0. The molecule has 4 aromatic rings. The number of nitrogens with zero attached hydrogens (tertiary/aromatic N) is 1. The summed E-state index contributed by atoms with van der Waals surface area (Å²) in [6, 6.07) is 42.1. The van der Waals surface area contributed by atoms with E-state index in [1.54, 1.807) is 0 Å². The normalized spacial score (nSPS) is 10.9. The molecule has 0 aliphatic heterocycles. The van der Waals surface area contributed by atoms with Gasteiger partial charge in [0, 0.05) is 6.54 Å². The van der Waals surface area contributed by atoms with Crippen LogP contribution in [-0.4, -0.2) is 36.2 Å². The predicted octanol–water partition coefficient (Wildman–Crippen LogP) is 4.64. The number of hydrogen-bond donors (Lipinski definition) is 0. The van der Waals surface area contributed by atoms with E-state index in [0.29, 0.717) is 0 Å². The van der Waals surface area contributed by atoms with Crippen LogP contribution in [0.15, 0.2) is 121 Å². The number of halogens is 1. The van der Waals surface area contributed by atoms with E-state index < -0.39 is 17.3 Å². The molecule has 3 heteroatoms. The zero-order chi connectivity index (χ0) is 21.2. The van der Waals surface area contributed by atoms with Crippen LogP contribution < -0.4 is 10.7 Å². The van der Waals surface area contributed by atoms with Gasteiger partial charge in [-0.2, -0.15) is 0 Å². The zero-order valence-electron chi connectivity index (χ0n) is 17.6. The van der Waals surface area contributed by atoms with Crippen molar-refractivity contribution < 1.29 is 0 Å². The Morgan fingerprint density at radius 3 is 1.13 bits per heavy atom. The second-order valence-corrected chi connectivity index (χ2v) is 20.0. The van der Waals surface area contributed by atoms with E-state index in [1.165, 1.54) is 16.3 Å². The summed E-state index contributed by atoms with van der Waals surface area (Å²) in [5.41, 5.74) is 1.37. The molecular weight excluding hydrogens is 492 g/mol. The third-order valence-corrected chi connectivity index (χ3v) is 18.9. The Morgan fingerprint density at radius 2 is 0.833 bits per heavy atom. The molecule has 0 N–H and O–H groups in total. The fraction of sp³-hybridized carbons (Fsp3) is 0.111. The molecule has 4 aromatic carbocycles. The van der Waals surface area contributed by atoms with Crippen molar-refractivity contribution in [3.63, 3.8) is 0 Å². The Kier molecular flexibility index (Phi) is 8.56. The van der Waals surface area contributed by atoms with Gasteiger partial charge in [-0.05, 0) is 19.7 Å². The van der Waals surface area contributed by atoms with Gasteiger partial charge in [0.15, 0.2) is 0 Å². The summed E-state index contributed by atoms with van der Waals surface area (Å²) in [7, 11) is 11.5. The quantitative estimate of drug-likeness (QED) is 0.347. The van der Waals surface area contributed by atoms with Crippen LogP contribution in [0.25, 0.3) is 0 Å². The molecule has 152 valence electrons. The van der Waals surface area contributed by atoms with Gasteiger partial charge in [-0.25, -0.2) is 0 Å². The van der Waals surface area contributed by atoms with Gasteiger partial charge in [-0.1, -0.05) is 30.3 Å². The molecule has 0 aliphatic rings. The summed E-state index contributed by atoms with van der Waals surface area (Å²) in [4.78, 5) is 2.16. The summed E-state index contributed by atoms with van der Waals surface area (Å²) in [5, 5.41) is 0. The predicted molar refractivity (Wildman–Crippen MR) is 134 cm³/mol. The first-order chi connectivity index (χ1) is 14.6. The van der Waals surface area contributed by atoms with Crippen LogP contribution in [0.5, 0.6) is 0 Å². The summed E-state index contributed by atoms with van der Waals surface area (Å²) in [6.07, 6.45) is 0. The van der Waals surface area contributed by atoms with Gasteiger partial charge in [0.1, 0.15) is 0 Å². The monoisotopic (exact) mass is 521 g/mol. The molecule has 0 radical (unpaired) electrons. The Hall–Kier alpha value is -2.07. The summed E-state index contributed by atoms with van der Waals surface area (Å²) < 4.78 is 3.88. The van der Waals surface area contributed by atoms with Gasteiger partial charge in [0.2, 0.25) is 0 Å².